The summed E-state index contributed by atoms with van der Waals surface area (Å²) in [5, 5.41) is 7.09. The number of fused-ring (bicyclic) bond motifs is 1. The van der Waals surface area contributed by atoms with Gasteiger partial charge in [0.25, 0.3) is 5.78 Å². The minimum atomic E-state index is -0.807. The summed E-state index contributed by atoms with van der Waals surface area (Å²) in [7, 11) is 0. The van der Waals surface area contributed by atoms with Gasteiger partial charge in [0, 0.05) is 18.2 Å². The normalized spacial score (nSPS) is 11.3. The summed E-state index contributed by atoms with van der Waals surface area (Å²) in [6, 6.07) is 2.18. The molecule has 3 rings (SSSR count). The molecule has 2 heterocycles. The highest BCUT2D eigenvalue weighted by Gasteiger charge is 2.24. The van der Waals surface area contributed by atoms with Gasteiger partial charge in [0.2, 0.25) is 0 Å². The highest BCUT2D eigenvalue weighted by atomic mass is 35.5. The maximum absolute atomic E-state index is 14.7. The van der Waals surface area contributed by atoms with E-state index in [1.54, 1.807) is 6.92 Å². The number of halogens is 3. The molecule has 6 nitrogen and oxygen atoms in total. The number of ether oxygens (including phenoxy) is 1. The fraction of sp³-hybridized carbons (Fsp3) is 0.312. The monoisotopic (exact) mass is 367 g/mol. The Morgan fingerprint density at radius 1 is 1.24 bits per heavy atom. The van der Waals surface area contributed by atoms with Crippen LogP contribution in [0.2, 0.25) is 5.15 Å². The molecule has 9 heteroatoms. The third kappa shape index (κ3) is 3.21. The van der Waals surface area contributed by atoms with E-state index in [1.807, 2.05) is 13.8 Å². The van der Waals surface area contributed by atoms with Crippen LogP contribution in [0.3, 0.4) is 0 Å². The fourth-order valence-corrected chi connectivity index (χ4v) is 2.74. The zero-order valence-electron chi connectivity index (χ0n) is 13.8. The summed E-state index contributed by atoms with van der Waals surface area (Å²) >= 11 is 6.23. The van der Waals surface area contributed by atoms with Crippen molar-refractivity contribution in [3.05, 3.63) is 35.2 Å². The summed E-state index contributed by atoms with van der Waals surface area (Å²) in [4.78, 5) is 8.05. The average molecular weight is 368 g/mol. The van der Waals surface area contributed by atoms with Crippen LogP contribution in [0, 0.1) is 11.6 Å². The van der Waals surface area contributed by atoms with E-state index in [-0.39, 0.29) is 33.8 Å². The van der Waals surface area contributed by atoms with Crippen molar-refractivity contribution in [1.82, 2.24) is 19.6 Å². The molecule has 1 aromatic carbocycles. The topological polar surface area (TPSA) is 64.3 Å². The molecule has 0 saturated heterocycles. The van der Waals surface area contributed by atoms with Crippen LogP contribution in [0.5, 0.6) is 5.75 Å². The molecule has 0 radical (unpaired) electrons. The second kappa shape index (κ2) is 6.79. The van der Waals surface area contributed by atoms with Gasteiger partial charge in [-0.2, -0.15) is 19.6 Å². The maximum atomic E-state index is 14.7. The molecule has 1 N–H and O–H groups in total. The number of nitrogens with zero attached hydrogens (tertiary/aromatic N) is 4. The van der Waals surface area contributed by atoms with Crippen LogP contribution in [-0.4, -0.2) is 32.2 Å². The lowest BCUT2D eigenvalue weighted by Gasteiger charge is -2.18. The summed E-state index contributed by atoms with van der Waals surface area (Å²) in [6.45, 7) is 5.79. The van der Waals surface area contributed by atoms with Crippen molar-refractivity contribution in [3.63, 3.8) is 0 Å². The molecule has 2 aromatic heterocycles. The summed E-state index contributed by atoms with van der Waals surface area (Å²) in [5.74, 6) is -0.976. The standard InChI is InChI=1S/C16H16ClF2N5O/c1-4-25-9-5-10(18)12(11(19)6-9)13-14(17)23-16-20-7-21-24(16)15(13)22-8(2)3/h5-8,22H,4H2,1-3H3. The van der Waals surface area contributed by atoms with Gasteiger partial charge >= 0.3 is 0 Å². The van der Waals surface area contributed by atoms with Crippen LogP contribution >= 0.6 is 11.6 Å². The van der Waals surface area contributed by atoms with Crippen molar-refractivity contribution in [2.75, 3.05) is 11.9 Å². The van der Waals surface area contributed by atoms with Gasteiger partial charge in [0.05, 0.1) is 17.7 Å². The van der Waals surface area contributed by atoms with Crippen molar-refractivity contribution in [2.24, 2.45) is 0 Å². The number of benzene rings is 1. The second-order valence-corrected chi connectivity index (χ2v) is 5.95. The predicted molar refractivity (Wildman–Crippen MR) is 91.1 cm³/mol. The first-order chi connectivity index (χ1) is 11.9. The molecule has 0 atom stereocenters. The molecule has 0 unspecified atom stereocenters. The Labute approximate surface area is 147 Å². The van der Waals surface area contributed by atoms with Crippen LogP contribution < -0.4 is 10.1 Å². The summed E-state index contributed by atoms with van der Waals surface area (Å²) < 4.78 is 35.9. The third-order valence-corrected chi connectivity index (χ3v) is 3.66. The van der Waals surface area contributed by atoms with Crippen LogP contribution in [0.15, 0.2) is 18.5 Å². The molecule has 0 spiro atoms. The van der Waals surface area contributed by atoms with Gasteiger partial charge in [-0.15, -0.1) is 0 Å². The van der Waals surface area contributed by atoms with E-state index in [9.17, 15) is 8.78 Å². The Hall–Kier alpha value is -2.48. The lowest BCUT2D eigenvalue weighted by atomic mass is 10.1. The van der Waals surface area contributed by atoms with Crippen molar-refractivity contribution < 1.29 is 13.5 Å². The summed E-state index contributed by atoms with van der Waals surface area (Å²) in [5.41, 5.74) is -0.229. The van der Waals surface area contributed by atoms with E-state index in [0.717, 1.165) is 12.1 Å². The Balaban J connectivity index is 2.30. The van der Waals surface area contributed by atoms with Crippen LogP contribution in [0.1, 0.15) is 20.8 Å². The number of hydrogen-bond acceptors (Lipinski definition) is 5. The molecule has 0 fully saturated rings. The Morgan fingerprint density at radius 3 is 2.52 bits per heavy atom. The molecule has 0 bridgehead atoms. The molecule has 0 aliphatic rings. The van der Waals surface area contributed by atoms with E-state index < -0.39 is 11.6 Å². The predicted octanol–water partition coefficient (Wildman–Crippen LogP) is 3.94. The van der Waals surface area contributed by atoms with Gasteiger partial charge in [-0.05, 0) is 20.8 Å². The molecule has 0 amide bonds. The van der Waals surface area contributed by atoms with Gasteiger partial charge in [-0.1, -0.05) is 11.6 Å². The van der Waals surface area contributed by atoms with Crippen molar-refractivity contribution in [1.29, 1.82) is 0 Å². The molecule has 25 heavy (non-hydrogen) atoms. The summed E-state index contributed by atoms with van der Waals surface area (Å²) in [6.07, 6.45) is 1.29. The number of anilines is 1. The first kappa shape index (κ1) is 17.3. The molecule has 0 aliphatic heterocycles. The number of aromatic nitrogens is 4. The Kier molecular flexibility index (Phi) is 4.71. The highest BCUT2D eigenvalue weighted by molar-refractivity contribution is 6.33. The van der Waals surface area contributed by atoms with Gasteiger partial charge in [0.1, 0.15) is 34.7 Å². The van der Waals surface area contributed by atoms with E-state index >= 15 is 0 Å². The van der Waals surface area contributed by atoms with Crippen molar-refractivity contribution in [3.8, 4) is 16.9 Å². The number of hydrogen-bond donors (Lipinski definition) is 1. The zero-order chi connectivity index (χ0) is 18.1. The average Bonchev–Trinajstić information content (AvgIpc) is 2.97. The molecule has 132 valence electrons. The highest BCUT2D eigenvalue weighted by Crippen LogP contribution is 2.38. The minimum Gasteiger partial charge on any atom is -0.494 e. The van der Waals surface area contributed by atoms with Gasteiger partial charge in [0.15, 0.2) is 0 Å². The second-order valence-electron chi connectivity index (χ2n) is 5.59. The number of nitrogens with one attached hydrogen (secondary N) is 1. The number of rotatable bonds is 5. The van der Waals surface area contributed by atoms with Gasteiger partial charge < -0.3 is 10.1 Å². The minimum absolute atomic E-state index is 0.0431. The van der Waals surface area contributed by atoms with Gasteiger partial charge in [-0.3, -0.25) is 0 Å². The van der Waals surface area contributed by atoms with Crippen LogP contribution in [0.4, 0.5) is 14.6 Å². The third-order valence-electron chi connectivity index (χ3n) is 3.38. The first-order valence-electron chi connectivity index (χ1n) is 7.70. The SMILES string of the molecule is CCOc1cc(F)c(-c2c(Cl)nc3ncnn3c2NC(C)C)c(F)c1. The lowest BCUT2D eigenvalue weighted by Crippen LogP contribution is -2.16. The lowest BCUT2D eigenvalue weighted by molar-refractivity contribution is 0.336. The zero-order valence-corrected chi connectivity index (χ0v) is 14.6. The van der Waals surface area contributed by atoms with Crippen LogP contribution in [-0.2, 0) is 0 Å². The molecular weight excluding hydrogens is 352 g/mol. The molecule has 0 aliphatic carbocycles. The molecule has 3 aromatic rings. The van der Waals surface area contributed by atoms with Crippen LogP contribution in [0.25, 0.3) is 16.9 Å². The quantitative estimate of drug-likeness (QED) is 0.692. The van der Waals surface area contributed by atoms with Gasteiger partial charge in [-0.25, -0.2) is 8.78 Å². The van der Waals surface area contributed by atoms with Crippen molar-refractivity contribution in [2.45, 2.75) is 26.8 Å². The first-order valence-corrected chi connectivity index (χ1v) is 8.08. The Morgan fingerprint density at radius 2 is 1.92 bits per heavy atom. The largest absolute Gasteiger partial charge is 0.494 e. The van der Waals surface area contributed by atoms with E-state index in [0.29, 0.717) is 12.4 Å². The maximum Gasteiger partial charge on any atom is 0.255 e. The smallest absolute Gasteiger partial charge is 0.255 e. The Bertz CT molecular complexity index is 905. The van der Waals surface area contributed by atoms with E-state index in [2.05, 4.69) is 20.4 Å². The van der Waals surface area contributed by atoms with E-state index in [4.69, 9.17) is 16.3 Å². The molecular formula is C16H16ClF2N5O. The van der Waals surface area contributed by atoms with Crippen molar-refractivity contribution >= 4 is 23.2 Å². The molecule has 0 saturated carbocycles. The fourth-order valence-electron chi connectivity index (χ4n) is 2.48. The van der Waals surface area contributed by atoms with E-state index in [1.165, 1.54) is 10.8 Å².